The van der Waals surface area contributed by atoms with E-state index in [2.05, 4.69) is 41.5 Å². The van der Waals surface area contributed by atoms with Crippen molar-refractivity contribution in [2.24, 2.45) is 5.41 Å². The summed E-state index contributed by atoms with van der Waals surface area (Å²) in [5.41, 5.74) is 4.54. The molecule has 20 heavy (non-hydrogen) atoms. The molecule has 0 saturated carbocycles. The Morgan fingerprint density at radius 1 is 1.35 bits per heavy atom. The molecule has 4 atom stereocenters. The van der Waals surface area contributed by atoms with Gasteiger partial charge in [-0.2, -0.15) is 0 Å². The molecule has 2 saturated heterocycles. The number of hydrogen-bond donors (Lipinski definition) is 2. The first kappa shape index (κ1) is 11.4. The summed E-state index contributed by atoms with van der Waals surface area (Å²) < 4.78 is 5.97. The normalized spacial score (nSPS) is 38.1. The van der Waals surface area contributed by atoms with Gasteiger partial charge in [0.2, 0.25) is 0 Å². The lowest BCUT2D eigenvalue weighted by Crippen LogP contribution is -2.50. The van der Waals surface area contributed by atoms with Crippen LogP contribution in [0.4, 0.5) is 0 Å². The van der Waals surface area contributed by atoms with Crippen molar-refractivity contribution in [2.45, 2.75) is 44.4 Å². The molecule has 2 fully saturated rings. The maximum Gasteiger partial charge on any atom is 0.0972 e. The van der Waals surface area contributed by atoms with Crippen LogP contribution in [0.1, 0.15) is 37.1 Å². The number of nitrogens with one attached hydrogen (secondary N) is 2. The topological polar surface area (TPSA) is 40.4 Å². The van der Waals surface area contributed by atoms with E-state index in [0.717, 1.165) is 13.0 Å². The molecule has 2 aliphatic heterocycles. The summed E-state index contributed by atoms with van der Waals surface area (Å²) in [5, 5.41) is 5.19. The maximum absolute atomic E-state index is 5.97. The minimum absolute atomic E-state index is 0.306. The first-order valence-corrected chi connectivity index (χ1v) is 7.82. The highest BCUT2D eigenvalue weighted by molar-refractivity contribution is 5.85. The van der Waals surface area contributed by atoms with Crippen LogP contribution in [0, 0.1) is 5.41 Å². The van der Waals surface area contributed by atoms with Crippen molar-refractivity contribution in [1.82, 2.24) is 10.3 Å². The Balaban J connectivity index is 1.74. The average molecular weight is 268 g/mol. The van der Waals surface area contributed by atoms with E-state index in [1.165, 1.54) is 35.0 Å². The second kappa shape index (κ2) is 3.66. The molecule has 4 unspecified atom stereocenters. The SMILES string of the molecule is CCC12CCc3[nH]c4ccccc4c3C1NCC1OC12. The van der Waals surface area contributed by atoms with E-state index >= 15 is 0 Å². The molecular weight excluding hydrogens is 248 g/mol. The van der Waals surface area contributed by atoms with Crippen LogP contribution in [0.3, 0.4) is 0 Å². The monoisotopic (exact) mass is 268 g/mol. The number of epoxide rings is 1. The molecule has 0 spiro atoms. The van der Waals surface area contributed by atoms with Gasteiger partial charge >= 0.3 is 0 Å². The molecule has 1 aromatic heterocycles. The highest BCUT2D eigenvalue weighted by Crippen LogP contribution is 2.58. The highest BCUT2D eigenvalue weighted by atomic mass is 16.6. The summed E-state index contributed by atoms with van der Waals surface area (Å²) in [5.74, 6) is 0. The molecular formula is C17H20N2O. The largest absolute Gasteiger partial charge is 0.368 e. The number of para-hydroxylation sites is 1. The first-order chi connectivity index (χ1) is 9.83. The van der Waals surface area contributed by atoms with Crippen molar-refractivity contribution in [3.05, 3.63) is 35.5 Å². The summed E-state index contributed by atoms with van der Waals surface area (Å²) in [7, 11) is 0. The Bertz CT molecular complexity index is 691. The minimum atomic E-state index is 0.306. The van der Waals surface area contributed by atoms with Crippen molar-refractivity contribution < 1.29 is 4.74 Å². The van der Waals surface area contributed by atoms with E-state index in [9.17, 15) is 0 Å². The lowest BCUT2D eigenvalue weighted by molar-refractivity contribution is 0.101. The second-order valence-electron chi connectivity index (χ2n) is 6.59. The molecule has 5 rings (SSSR count). The number of hydrogen-bond acceptors (Lipinski definition) is 2. The van der Waals surface area contributed by atoms with Gasteiger partial charge in [-0.15, -0.1) is 0 Å². The van der Waals surface area contributed by atoms with Crippen LogP contribution >= 0.6 is 0 Å². The summed E-state index contributed by atoms with van der Waals surface area (Å²) in [6, 6.07) is 9.18. The standard InChI is InChI=1S/C17H20N2O/c1-2-17-8-7-12-14(10-5-3-4-6-11(10)19-12)15(17)18-9-13-16(17)20-13/h3-6,13,15-16,18-19H,2,7-9H2,1H3. The Hall–Kier alpha value is -1.32. The number of piperidine rings is 1. The molecule has 2 aromatic rings. The van der Waals surface area contributed by atoms with Crippen LogP contribution < -0.4 is 5.32 Å². The van der Waals surface area contributed by atoms with Gasteiger partial charge in [0.1, 0.15) is 0 Å². The second-order valence-corrected chi connectivity index (χ2v) is 6.59. The predicted octanol–water partition coefficient (Wildman–Crippen LogP) is 2.92. The average Bonchev–Trinajstić information content (AvgIpc) is 3.20. The van der Waals surface area contributed by atoms with Crippen molar-refractivity contribution in [3.63, 3.8) is 0 Å². The summed E-state index contributed by atoms with van der Waals surface area (Å²) in [4.78, 5) is 3.64. The molecule has 3 aliphatic rings. The van der Waals surface area contributed by atoms with Crippen LogP contribution in [0.2, 0.25) is 0 Å². The molecule has 1 aliphatic carbocycles. The highest BCUT2D eigenvalue weighted by Gasteiger charge is 2.62. The van der Waals surface area contributed by atoms with Crippen LogP contribution in [-0.2, 0) is 11.2 Å². The molecule has 3 nitrogen and oxygen atoms in total. The van der Waals surface area contributed by atoms with Crippen LogP contribution in [0.25, 0.3) is 10.9 Å². The Kier molecular flexibility index (Phi) is 2.08. The van der Waals surface area contributed by atoms with E-state index in [1.54, 1.807) is 0 Å². The van der Waals surface area contributed by atoms with Gasteiger partial charge in [-0.25, -0.2) is 0 Å². The van der Waals surface area contributed by atoms with Crippen LogP contribution in [0.5, 0.6) is 0 Å². The summed E-state index contributed by atoms with van der Waals surface area (Å²) in [6.45, 7) is 3.34. The van der Waals surface area contributed by atoms with Crippen LogP contribution in [-0.4, -0.2) is 23.7 Å². The maximum atomic E-state index is 5.97. The number of aromatic amines is 1. The Labute approximate surface area is 118 Å². The number of aromatic nitrogens is 1. The molecule has 3 heterocycles. The molecule has 0 amide bonds. The lowest BCUT2D eigenvalue weighted by atomic mass is 9.63. The minimum Gasteiger partial charge on any atom is -0.368 e. The molecule has 0 radical (unpaired) electrons. The van der Waals surface area contributed by atoms with E-state index < -0.39 is 0 Å². The Morgan fingerprint density at radius 2 is 2.25 bits per heavy atom. The number of ether oxygens (including phenoxy) is 1. The van der Waals surface area contributed by atoms with E-state index in [1.807, 2.05) is 0 Å². The van der Waals surface area contributed by atoms with Gasteiger partial charge in [0.25, 0.3) is 0 Å². The molecule has 1 aromatic carbocycles. The van der Waals surface area contributed by atoms with Crippen molar-refractivity contribution in [1.29, 1.82) is 0 Å². The molecule has 0 bridgehead atoms. The number of benzene rings is 1. The molecule has 3 heteroatoms. The van der Waals surface area contributed by atoms with Crippen molar-refractivity contribution in [3.8, 4) is 0 Å². The Morgan fingerprint density at radius 3 is 3.15 bits per heavy atom. The van der Waals surface area contributed by atoms with Crippen molar-refractivity contribution >= 4 is 10.9 Å². The third kappa shape index (κ3) is 1.23. The fourth-order valence-corrected chi connectivity index (χ4v) is 4.77. The zero-order valence-electron chi connectivity index (χ0n) is 11.8. The quantitative estimate of drug-likeness (QED) is 0.781. The van der Waals surface area contributed by atoms with Crippen molar-refractivity contribution in [2.75, 3.05) is 6.54 Å². The smallest absolute Gasteiger partial charge is 0.0972 e. The lowest BCUT2D eigenvalue weighted by Gasteiger charge is -2.45. The third-order valence-corrected chi connectivity index (χ3v) is 5.86. The van der Waals surface area contributed by atoms with Gasteiger partial charge in [0.15, 0.2) is 0 Å². The summed E-state index contributed by atoms with van der Waals surface area (Å²) in [6.07, 6.45) is 4.55. The number of H-pyrrole nitrogens is 1. The van der Waals surface area contributed by atoms with Gasteiger partial charge in [0.05, 0.1) is 12.2 Å². The molecule has 2 N–H and O–H groups in total. The van der Waals surface area contributed by atoms with E-state index in [0.29, 0.717) is 23.7 Å². The van der Waals surface area contributed by atoms with Crippen LogP contribution in [0.15, 0.2) is 24.3 Å². The number of fused-ring (bicyclic) bond motifs is 7. The fourth-order valence-electron chi connectivity index (χ4n) is 4.77. The summed E-state index contributed by atoms with van der Waals surface area (Å²) >= 11 is 0. The van der Waals surface area contributed by atoms with E-state index in [4.69, 9.17) is 4.74 Å². The predicted molar refractivity (Wildman–Crippen MR) is 78.7 cm³/mol. The first-order valence-electron chi connectivity index (χ1n) is 7.82. The molecule has 104 valence electrons. The number of aryl methyl sites for hydroxylation is 1. The zero-order valence-corrected chi connectivity index (χ0v) is 11.8. The van der Waals surface area contributed by atoms with Gasteiger partial charge in [-0.05, 0) is 30.9 Å². The number of rotatable bonds is 1. The van der Waals surface area contributed by atoms with Gasteiger partial charge < -0.3 is 15.0 Å². The fraction of sp³-hybridized carbons (Fsp3) is 0.529. The van der Waals surface area contributed by atoms with Gasteiger partial charge in [-0.3, -0.25) is 0 Å². The zero-order chi connectivity index (χ0) is 13.3. The van der Waals surface area contributed by atoms with Gasteiger partial charge in [0, 0.05) is 34.6 Å². The van der Waals surface area contributed by atoms with E-state index in [-0.39, 0.29) is 0 Å². The third-order valence-electron chi connectivity index (χ3n) is 5.86. The van der Waals surface area contributed by atoms with Gasteiger partial charge in [-0.1, -0.05) is 25.1 Å².